The molecule has 0 heterocycles. The largest absolute Gasteiger partial charge is 0.481 e. The van der Waals surface area contributed by atoms with Gasteiger partial charge in [0.25, 0.3) is 5.97 Å². The first kappa shape index (κ1) is 13.6. The number of carboxylic acid groups (broad SMARTS) is 1. The number of rotatable bonds is 2. The topological polar surface area (TPSA) is 87.0 Å². The van der Waals surface area contributed by atoms with Crippen molar-refractivity contribution in [2.45, 2.75) is 39.5 Å². The van der Waals surface area contributed by atoms with Crippen LogP contribution in [0.4, 0.5) is 0 Å². The summed E-state index contributed by atoms with van der Waals surface area (Å²) in [7, 11) is 0. The minimum Gasteiger partial charge on any atom is -0.481 e. The Bertz CT molecular complexity index is 250. The molecule has 0 saturated heterocycles. The lowest BCUT2D eigenvalue weighted by Gasteiger charge is -2.04. The molecule has 1 rings (SSSR count). The molecule has 5 heteroatoms. The molecule has 86 valence electrons. The number of aliphatic carboxylic acids is 1. The summed E-state index contributed by atoms with van der Waals surface area (Å²) in [6.45, 7) is 2.64. The number of carboxylic acids is 1. The van der Waals surface area contributed by atoms with Crippen LogP contribution in [0.3, 0.4) is 0 Å². The van der Waals surface area contributed by atoms with E-state index in [1.54, 1.807) is 6.92 Å². The molecular weight excluding hydrogens is 198 g/mol. The maximum absolute atomic E-state index is 11.3. The molecule has 15 heavy (non-hydrogen) atoms. The SMILES string of the molecule is CC(=NO)C(=O)C1CCCC1.CC(=O)O. The van der Waals surface area contributed by atoms with Gasteiger partial charge in [0, 0.05) is 12.8 Å². The first-order valence-electron chi connectivity index (χ1n) is 4.91. The molecule has 0 bridgehead atoms. The van der Waals surface area contributed by atoms with Crippen LogP contribution in [0.2, 0.25) is 0 Å². The second kappa shape index (κ2) is 6.98. The highest BCUT2D eigenvalue weighted by Gasteiger charge is 2.24. The summed E-state index contributed by atoms with van der Waals surface area (Å²) in [6, 6.07) is 0. The maximum Gasteiger partial charge on any atom is 0.300 e. The molecule has 1 aliphatic carbocycles. The average Bonchev–Trinajstić information content (AvgIpc) is 2.67. The number of carbonyl (C=O) groups excluding carboxylic acids is 1. The Morgan fingerprint density at radius 1 is 1.20 bits per heavy atom. The van der Waals surface area contributed by atoms with Crippen LogP contribution < -0.4 is 0 Å². The maximum atomic E-state index is 11.3. The van der Waals surface area contributed by atoms with E-state index in [4.69, 9.17) is 15.1 Å². The molecule has 0 aromatic rings. The Balaban J connectivity index is 0.000000423. The van der Waals surface area contributed by atoms with Crippen molar-refractivity contribution in [3.8, 4) is 0 Å². The van der Waals surface area contributed by atoms with E-state index < -0.39 is 5.97 Å². The van der Waals surface area contributed by atoms with E-state index in [1.165, 1.54) is 0 Å². The third-order valence-electron chi connectivity index (χ3n) is 2.23. The van der Waals surface area contributed by atoms with Gasteiger partial charge in [0.15, 0.2) is 5.78 Å². The van der Waals surface area contributed by atoms with Gasteiger partial charge in [0.1, 0.15) is 5.71 Å². The van der Waals surface area contributed by atoms with Crippen molar-refractivity contribution in [1.82, 2.24) is 0 Å². The number of Topliss-reactive ketones (excluding diaryl/α,β-unsaturated/α-hetero) is 1. The number of hydrogen-bond acceptors (Lipinski definition) is 4. The van der Waals surface area contributed by atoms with Crippen LogP contribution >= 0.6 is 0 Å². The molecule has 0 unspecified atom stereocenters. The van der Waals surface area contributed by atoms with Gasteiger partial charge in [0.2, 0.25) is 0 Å². The van der Waals surface area contributed by atoms with E-state index in [0.29, 0.717) is 0 Å². The minimum absolute atomic E-state index is 0.0185. The summed E-state index contributed by atoms with van der Waals surface area (Å²) in [6.07, 6.45) is 4.20. The smallest absolute Gasteiger partial charge is 0.300 e. The van der Waals surface area contributed by atoms with Gasteiger partial charge in [-0.15, -0.1) is 0 Å². The lowest BCUT2D eigenvalue weighted by molar-refractivity contribution is -0.134. The van der Waals surface area contributed by atoms with Gasteiger partial charge in [-0.1, -0.05) is 18.0 Å². The van der Waals surface area contributed by atoms with Crippen LogP contribution in [0.1, 0.15) is 39.5 Å². The van der Waals surface area contributed by atoms with Gasteiger partial charge in [-0.25, -0.2) is 0 Å². The van der Waals surface area contributed by atoms with E-state index in [0.717, 1.165) is 32.6 Å². The van der Waals surface area contributed by atoms with Gasteiger partial charge >= 0.3 is 0 Å². The Morgan fingerprint density at radius 3 is 1.93 bits per heavy atom. The molecule has 0 aliphatic heterocycles. The van der Waals surface area contributed by atoms with Crippen LogP contribution in [0.15, 0.2) is 5.16 Å². The fraction of sp³-hybridized carbons (Fsp3) is 0.700. The number of ketones is 1. The normalized spacial score (nSPS) is 16.8. The van der Waals surface area contributed by atoms with Crippen molar-refractivity contribution in [3.63, 3.8) is 0 Å². The van der Waals surface area contributed by atoms with Gasteiger partial charge in [-0.3, -0.25) is 9.59 Å². The van der Waals surface area contributed by atoms with Crippen LogP contribution in [0.25, 0.3) is 0 Å². The number of oxime groups is 1. The Kier molecular flexibility index (Phi) is 6.33. The fourth-order valence-electron chi connectivity index (χ4n) is 1.53. The van der Waals surface area contributed by atoms with E-state index in [9.17, 15) is 4.79 Å². The third-order valence-corrected chi connectivity index (χ3v) is 2.23. The first-order valence-corrected chi connectivity index (χ1v) is 4.91. The zero-order chi connectivity index (χ0) is 11.8. The molecule has 0 aromatic heterocycles. The Hall–Kier alpha value is -1.39. The molecule has 0 amide bonds. The quantitative estimate of drug-likeness (QED) is 0.417. The van der Waals surface area contributed by atoms with Crippen LogP contribution in [-0.2, 0) is 9.59 Å². The fourth-order valence-corrected chi connectivity index (χ4v) is 1.53. The highest BCUT2D eigenvalue weighted by molar-refractivity contribution is 6.39. The van der Waals surface area contributed by atoms with Gasteiger partial charge in [-0.05, 0) is 19.8 Å². The second-order valence-corrected chi connectivity index (χ2v) is 3.55. The van der Waals surface area contributed by atoms with E-state index in [2.05, 4.69) is 5.16 Å². The molecular formula is C10H17NO4. The molecule has 0 aromatic carbocycles. The summed E-state index contributed by atoms with van der Waals surface area (Å²) in [5, 5.41) is 18.6. The van der Waals surface area contributed by atoms with Crippen molar-refractivity contribution in [2.75, 3.05) is 0 Å². The summed E-state index contributed by atoms with van der Waals surface area (Å²) in [4.78, 5) is 20.3. The van der Waals surface area contributed by atoms with Crippen LogP contribution in [0, 0.1) is 5.92 Å². The average molecular weight is 215 g/mol. The lowest BCUT2D eigenvalue weighted by Crippen LogP contribution is -2.18. The molecule has 1 aliphatic rings. The van der Waals surface area contributed by atoms with Crippen molar-refractivity contribution in [1.29, 1.82) is 0 Å². The standard InChI is InChI=1S/C8H13NO2.C2H4O2/c1-6(9-11)8(10)7-4-2-3-5-7;1-2(3)4/h7,11H,2-5H2,1H3;1H3,(H,3,4). The summed E-state index contributed by atoms with van der Waals surface area (Å²) in [5.74, 6) is -0.684. The summed E-state index contributed by atoms with van der Waals surface area (Å²) in [5.41, 5.74) is 0.247. The zero-order valence-corrected chi connectivity index (χ0v) is 9.06. The van der Waals surface area contributed by atoms with Crippen LogP contribution in [-0.4, -0.2) is 27.8 Å². The highest BCUT2D eigenvalue weighted by Crippen LogP contribution is 2.25. The molecule has 5 nitrogen and oxygen atoms in total. The second-order valence-electron chi connectivity index (χ2n) is 3.55. The minimum atomic E-state index is -0.833. The molecule has 0 atom stereocenters. The number of nitrogens with zero attached hydrogens (tertiary/aromatic N) is 1. The lowest BCUT2D eigenvalue weighted by atomic mass is 10.00. The van der Waals surface area contributed by atoms with E-state index in [-0.39, 0.29) is 17.4 Å². The predicted molar refractivity (Wildman–Crippen MR) is 55.2 cm³/mol. The van der Waals surface area contributed by atoms with E-state index in [1.807, 2.05) is 0 Å². The Labute approximate surface area is 88.8 Å². The van der Waals surface area contributed by atoms with Crippen LogP contribution in [0.5, 0.6) is 0 Å². The molecule has 0 spiro atoms. The van der Waals surface area contributed by atoms with Gasteiger partial charge in [-0.2, -0.15) is 0 Å². The molecule has 2 N–H and O–H groups in total. The monoisotopic (exact) mass is 215 g/mol. The predicted octanol–water partition coefficient (Wildman–Crippen LogP) is 1.69. The van der Waals surface area contributed by atoms with Gasteiger partial charge < -0.3 is 10.3 Å². The number of carbonyl (C=O) groups is 2. The molecule has 1 fully saturated rings. The van der Waals surface area contributed by atoms with E-state index >= 15 is 0 Å². The summed E-state index contributed by atoms with van der Waals surface area (Å²) >= 11 is 0. The number of hydrogen-bond donors (Lipinski definition) is 2. The Morgan fingerprint density at radius 2 is 1.60 bits per heavy atom. The third kappa shape index (κ3) is 5.83. The van der Waals surface area contributed by atoms with Gasteiger partial charge in [0.05, 0.1) is 0 Å². The first-order chi connectivity index (χ1) is 6.99. The zero-order valence-electron chi connectivity index (χ0n) is 9.06. The highest BCUT2D eigenvalue weighted by atomic mass is 16.4. The van der Waals surface area contributed by atoms with Crippen molar-refractivity contribution < 1.29 is 19.9 Å². The molecule has 1 saturated carbocycles. The molecule has 0 radical (unpaired) electrons. The van der Waals surface area contributed by atoms with Crippen molar-refractivity contribution >= 4 is 17.5 Å². The van der Waals surface area contributed by atoms with Crippen molar-refractivity contribution in [2.24, 2.45) is 11.1 Å². The summed E-state index contributed by atoms with van der Waals surface area (Å²) < 4.78 is 0. The van der Waals surface area contributed by atoms with Crippen molar-refractivity contribution in [3.05, 3.63) is 0 Å².